The molecule has 0 radical (unpaired) electrons. The summed E-state index contributed by atoms with van der Waals surface area (Å²) in [5.41, 5.74) is 4.33. The first-order valence-electron chi connectivity index (χ1n) is 13.5. The summed E-state index contributed by atoms with van der Waals surface area (Å²) >= 11 is 0. The Morgan fingerprint density at radius 1 is 1.08 bits per heavy atom. The Kier molecular flexibility index (Phi) is 7.36. The zero-order chi connectivity index (χ0) is 25.7. The van der Waals surface area contributed by atoms with Crippen LogP contribution in [-0.4, -0.2) is 80.6 Å². The monoisotopic (exact) mass is 517 g/mol. The number of fused-ring (bicyclic) bond motifs is 1. The number of rotatable bonds is 9. The van der Waals surface area contributed by atoms with Crippen molar-refractivity contribution in [3.63, 3.8) is 0 Å². The molecule has 38 heavy (non-hydrogen) atoms. The first-order valence-corrected chi connectivity index (χ1v) is 13.5. The Labute approximate surface area is 222 Å². The number of ether oxygens (including phenoxy) is 2. The minimum absolute atomic E-state index is 0.412. The number of benzene rings is 1. The molecule has 0 spiro atoms. The van der Waals surface area contributed by atoms with Crippen LogP contribution in [0.5, 0.6) is 5.75 Å². The number of morpholine rings is 1. The second-order valence-electron chi connectivity index (χ2n) is 9.96. The molecular weight excluding hydrogens is 482 g/mol. The molecule has 0 amide bonds. The Hall–Kier alpha value is -3.70. The number of imidazole rings is 1. The Balaban J connectivity index is 1.18. The van der Waals surface area contributed by atoms with Crippen molar-refractivity contribution in [2.75, 3.05) is 50.6 Å². The maximum Gasteiger partial charge on any atom is 0.231 e. The van der Waals surface area contributed by atoms with Crippen LogP contribution in [-0.2, 0) is 11.3 Å². The van der Waals surface area contributed by atoms with E-state index >= 15 is 0 Å². The smallest absolute Gasteiger partial charge is 0.231 e. The number of hydrogen-bond acceptors (Lipinski definition) is 9. The summed E-state index contributed by atoms with van der Waals surface area (Å²) < 4.78 is 13.2. The molecule has 6 rings (SSSR count). The molecule has 2 fully saturated rings. The lowest BCUT2D eigenvalue weighted by Crippen LogP contribution is -2.38. The van der Waals surface area contributed by atoms with E-state index < -0.39 is 0 Å². The standard InChI is InChI=1S/C27H35N9O2/c1-37-23-15-19(20-16-30-36(17-20)10-9-35-11-13-38-14-12-35)7-8-22(23)32-27-33-25-24(28-18-29-25)26(34-27)31-21-5-3-2-4-6-21/h7-8,15-18,21H,2-6,9-14H2,1H3,(H3,28,29,31,32,33,34). The van der Waals surface area contributed by atoms with Crippen LogP contribution in [0.1, 0.15) is 32.1 Å². The number of aromatic nitrogens is 6. The Morgan fingerprint density at radius 2 is 1.95 bits per heavy atom. The zero-order valence-corrected chi connectivity index (χ0v) is 21.8. The fraction of sp³-hybridized carbons (Fsp3) is 0.481. The lowest BCUT2D eigenvalue weighted by Gasteiger charge is -2.26. The van der Waals surface area contributed by atoms with Crippen molar-refractivity contribution in [2.24, 2.45) is 0 Å². The van der Waals surface area contributed by atoms with Crippen molar-refractivity contribution in [3.05, 3.63) is 36.9 Å². The maximum atomic E-state index is 5.74. The fourth-order valence-electron chi connectivity index (χ4n) is 5.23. The molecule has 0 unspecified atom stereocenters. The molecule has 0 bridgehead atoms. The van der Waals surface area contributed by atoms with E-state index in [1.807, 2.05) is 23.0 Å². The number of nitrogens with zero attached hydrogens (tertiary/aromatic N) is 6. The minimum atomic E-state index is 0.412. The molecule has 1 saturated heterocycles. The molecular formula is C27H35N9O2. The fourth-order valence-corrected chi connectivity index (χ4v) is 5.23. The van der Waals surface area contributed by atoms with Crippen molar-refractivity contribution in [2.45, 2.75) is 44.7 Å². The number of H-pyrrole nitrogens is 1. The van der Waals surface area contributed by atoms with E-state index in [1.54, 1.807) is 13.4 Å². The normalized spacial score (nSPS) is 17.1. The second kappa shape index (κ2) is 11.4. The lowest BCUT2D eigenvalue weighted by molar-refractivity contribution is 0.0360. The predicted molar refractivity (Wildman–Crippen MR) is 147 cm³/mol. The van der Waals surface area contributed by atoms with Gasteiger partial charge in [-0.3, -0.25) is 9.58 Å². The number of nitrogens with one attached hydrogen (secondary N) is 3. The molecule has 1 aromatic carbocycles. The molecule has 2 aliphatic rings. The second-order valence-corrected chi connectivity index (χ2v) is 9.96. The van der Waals surface area contributed by atoms with Gasteiger partial charge in [0.05, 0.1) is 45.1 Å². The van der Waals surface area contributed by atoms with Gasteiger partial charge in [-0.15, -0.1) is 0 Å². The van der Waals surface area contributed by atoms with Crippen LogP contribution in [0.2, 0.25) is 0 Å². The number of anilines is 3. The first kappa shape index (κ1) is 24.6. The van der Waals surface area contributed by atoms with E-state index in [0.717, 1.165) is 80.4 Å². The van der Waals surface area contributed by atoms with Gasteiger partial charge in [0.25, 0.3) is 0 Å². The van der Waals surface area contributed by atoms with Gasteiger partial charge in [0.2, 0.25) is 5.95 Å². The van der Waals surface area contributed by atoms with E-state index in [-0.39, 0.29) is 0 Å². The topological polar surface area (TPSA) is 118 Å². The van der Waals surface area contributed by atoms with E-state index in [0.29, 0.717) is 23.4 Å². The van der Waals surface area contributed by atoms with Crippen molar-refractivity contribution >= 4 is 28.6 Å². The van der Waals surface area contributed by atoms with E-state index in [2.05, 4.69) is 47.8 Å². The van der Waals surface area contributed by atoms with Crippen LogP contribution < -0.4 is 15.4 Å². The summed E-state index contributed by atoms with van der Waals surface area (Å²) in [6.45, 7) is 5.40. The summed E-state index contributed by atoms with van der Waals surface area (Å²) in [4.78, 5) is 19.4. The van der Waals surface area contributed by atoms with Crippen LogP contribution in [0.15, 0.2) is 36.9 Å². The lowest BCUT2D eigenvalue weighted by atomic mass is 9.95. The van der Waals surface area contributed by atoms with Crippen LogP contribution in [0, 0.1) is 0 Å². The zero-order valence-electron chi connectivity index (χ0n) is 21.8. The highest BCUT2D eigenvalue weighted by atomic mass is 16.5. The van der Waals surface area contributed by atoms with Crippen molar-refractivity contribution in [1.82, 2.24) is 34.6 Å². The molecule has 11 nitrogen and oxygen atoms in total. The van der Waals surface area contributed by atoms with Gasteiger partial charge in [-0.05, 0) is 30.5 Å². The van der Waals surface area contributed by atoms with Crippen molar-refractivity contribution in [1.29, 1.82) is 0 Å². The van der Waals surface area contributed by atoms with Crippen LogP contribution in [0.25, 0.3) is 22.3 Å². The van der Waals surface area contributed by atoms with Gasteiger partial charge in [0.1, 0.15) is 11.3 Å². The van der Waals surface area contributed by atoms with Crippen molar-refractivity contribution < 1.29 is 9.47 Å². The molecule has 3 aromatic heterocycles. The molecule has 0 atom stereocenters. The number of hydrogen-bond donors (Lipinski definition) is 3. The van der Waals surface area contributed by atoms with Gasteiger partial charge in [-0.1, -0.05) is 25.3 Å². The number of methoxy groups -OCH3 is 1. The van der Waals surface area contributed by atoms with E-state index in [9.17, 15) is 0 Å². The summed E-state index contributed by atoms with van der Waals surface area (Å²) in [5, 5.41) is 11.5. The molecule has 1 aliphatic heterocycles. The Morgan fingerprint density at radius 3 is 2.79 bits per heavy atom. The molecule has 4 aromatic rings. The van der Waals surface area contributed by atoms with Gasteiger partial charge in [0, 0.05) is 37.4 Å². The third-order valence-corrected chi connectivity index (χ3v) is 7.39. The average Bonchev–Trinajstić information content (AvgIpc) is 3.63. The molecule has 1 saturated carbocycles. The predicted octanol–water partition coefficient (Wildman–Crippen LogP) is 4.05. The quantitative estimate of drug-likeness (QED) is 0.302. The van der Waals surface area contributed by atoms with E-state index in [1.165, 1.54) is 19.3 Å². The molecule has 1 aliphatic carbocycles. The molecule has 11 heteroatoms. The summed E-state index contributed by atoms with van der Waals surface area (Å²) in [5.74, 6) is 1.95. The molecule has 4 heterocycles. The third kappa shape index (κ3) is 5.58. The van der Waals surface area contributed by atoms with Gasteiger partial charge in [-0.2, -0.15) is 15.1 Å². The summed E-state index contributed by atoms with van der Waals surface area (Å²) in [6, 6.07) is 6.48. The number of aromatic amines is 1. The van der Waals surface area contributed by atoms with Crippen molar-refractivity contribution in [3.8, 4) is 16.9 Å². The first-order chi connectivity index (χ1) is 18.7. The molecule has 200 valence electrons. The Bertz CT molecular complexity index is 1360. The van der Waals surface area contributed by atoms with Crippen LogP contribution in [0.4, 0.5) is 17.5 Å². The van der Waals surface area contributed by atoms with Crippen LogP contribution in [0.3, 0.4) is 0 Å². The average molecular weight is 518 g/mol. The largest absolute Gasteiger partial charge is 0.495 e. The summed E-state index contributed by atoms with van der Waals surface area (Å²) in [6.07, 6.45) is 11.7. The summed E-state index contributed by atoms with van der Waals surface area (Å²) in [7, 11) is 1.67. The van der Waals surface area contributed by atoms with Gasteiger partial charge in [0.15, 0.2) is 11.5 Å². The van der Waals surface area contributed by atoms with E-state index in [4.69, 9.17) is 14.5 Å². The van der Waals surface area contributed by atoms with Crippen LogP contribution >= 0.6 is 0 Å². The minimum Gasteiger partial charge on any atom is -0.495 e. The van der Waals surface area contributed by atoms with Gasteiger partial charge in [-0.25, -0.2) is 4.98 Å². The highest BCUT2D eigenvalue weighted by Crippen LogP contribution is 2.33. The molecule has 3 N–H and O–H groups in total. The van der Waals surface area contributed by atoms with Gasteiger partial charge < -0.3 is 25.1 Å². The van der Waals surface area contributed by atoms with Gasteiger partial charge >= 0.3 is 0 Å². The maximum absolute atomic E-state index is 5.74. The highest BCUT2D eigenvalue weighted by Gasteiger charge is 2.18. The third-order valence-electron chi connectivity index (χ3n) is 7.39. The highest BCUT2D eigenvalue weighted by molar-refractivity contribution is 5.84. The SMILES string of the molecule is COc1cc(-c2cnn(CCN3CCOCC3)c2)ccc1Nc1nc(NC2CCCCC2)c2nc[nH]c2n1.